The fourth-order valence-electron chi connectivity index (χ4n) is 1.86. The van der Waals surface area contributed by atoms with E-state index in [-0.39, 0.29) is 17.1 Å². The van der Waals surface area contributed by atoms with Crippen molar-refractivity contribution in [3.8, 4) is 0 Å². The maximum atomic E-state index is 12.0. The molecule has 1 amide bonds. The Hall–Kier alpha value is -2.01. The maximum Gasteiger partial charge on any atom is 0.490 e. The van der Waals surface area contributed by atoms with Crippen molar-refractivity contribution in [3.63, 3.8) is 0 Å². The molecule has 0 N–H and O–H groups in total. The molecule has 2 rings (SSSR count). The number of rotatable bonds is 4. The molecule has 1 aliphatic heterocycles. The lowest BCUT2D eigenvalue weighted by atomic mass is 10.3. The zero-order valence-corrected chi connectivity index (χ0v) is 13.2. The molecule has 0 radical (unpaired) electrons. The molecule has 1 aliphatic rings. The van der Waals surface area contributed by atoms with Gasteiger partial charge in [-0.2, -0.15) is 13.2 Å². The van der Waals surface area contributed by atoms with E-state index in [0.29, 0.717) is 0 Å². The molecule has 0 bridgehead atoms. The summed E-state index contributed by atoms with van der Waals surface area (Å²) in [6.45, 7) is -0.925. The molecule has 0 aromatic heterocycles. The summed E-state index contributed by atoms with van der Waals surface area (Å²) < 4.78 is 67.1. The van der Waals surface area contributed by atoms with Crippen molar-refractivity contribution in [2.45, 2.75) is 17.2 Å². The molecule has 1 atom stereocenters. The van der Waals surface area contributed by atoms with Crippen molar-refractivity contribution in [3.05, 3.63) is 24.3 Å². The van der Waals surface area contributed by atoms with E-state index >= 15 is 0 Å². The number of esters is 1. The topological polar surface area (TPSA) is 90.0 Å². The van der Waals surface area contributed by atoms with E-state index in [1.807, 2.05) is 0 Å². The first-order chi connectivity index (χ1) is 11.0. The number of cyclic esters (lactones) is 1. The highest BCUT2D eigenvalue weighted by Gasteiger charge is 2.42. The van der Waals surface area contributed by atoms with Gasteiger partial charge in [0.2, 0.25) is 0 Å². The number of anilines is 1. The Bertz CT molecular complexity index is 749. The first kappa shape index (κ1) is 18.3. The Morgan fingerprint density at radius 2 is 1.92 bits per heavy atom. The fourth-order valence-corrected chi connectivity index (χ4v) is 2.63. The van der Waals surface area contributed by atoms with E-state index in [1.165, 1.54) is 12.1 Å². The van der Waals surface area contributed by atoms with Crippen LogP contribution in [0, 0.1) is 0 Å². The Morgan fingerprint density at radius 1 is 1.33 bits per heavy atom. The first-order valence-electron chi connectivity index (χ1n) is 6.25. The minimum atomic E-state index is -5.13. The zero-order valence-electron chi connectivity index (χ0n) is 11.6. The smallest absolute Gasteiger partial charge is 0.455 e. The van der Waals surface area contributed by atoms with E-state index in [1.54, 1.807) is 0 Å². The van der Waals surface area contributed by atoms with Crippen LogP contribution >= 0.6 is 10.7 Å². The van der Waals surface area contributed by atoms with E-state index in [9.17, 15) is 31.2 Å². The van der Waals surface area contributed by atoms with Crippen LogP contribution in [0.2, 0.25) is 0 Å². The summed E-state index contributed by atoms with van der Waals surface area (Å²) in [6, 6.07) is 4.87. The number of carbonyl (C=O) groups excluding carboxylic acids is 2. The van der Waals surface area contributed by atoms with Crippen molar-refractivity contribution in [1.29, 1.82) is 0 Å². The van der Waals surface area contributed by atoms with Gasteiger partial charge < -0.3 is 9.47 Å². The third-order valence-electron chi connectivity index (χ3n) is 2.94. The highest BCUT2D eigenvalue weighted by molar-refractivity contribution is 8.13. The quantitative estimate of drug-likeness (QED) is 0.580. The summed E-state index contributed by atoms with van der Waals surface area (Å²) >= 11 is 0. The summed E-state index contributed by atoms with van der Waals surface area (Å²) in [7, 11) is 1.23. The SMILES string of the molecule is O=C1O[C@@H](COC(=O)C(F)(F)F)CN1c1ccc(S(=O)(=O)Cl)cc1. The highest BCUT2D eigenvalue weighted by atomic mass is 35.7. The van der Waals surface area contributed by atoms with Gasteiger partial charge in [0, 0.05) is 16.4 Å². The summed E-state index contributed by atoms with van der Waals surface area (Å²) in [5, 5.41) is 0. The molecular weight excluding hydrogens is 379 g/mol. The monoisotopic (exact) mass is 387 g/mol. The molecule has 1 fully saturated rings. The molecule has 132 valence electrons. The number of carbonyl (C=O) groups is 2. The molecule has 0 aliphatic carbocycles. The van der Waals surface area contributed by atoms with Crippen LogP contribution in [0.15, 0.2) is 29.2 Å². The third-order valence-corrected chi connectivity index (χ3v) is 4.31. The lowest BCUT2D eigenvalue weighted by Gasteiger charge is -2.13. The van der Waals surface area contributed by atoms with E-state index < -0.39 is 40.0 Å². The van der Waals surface area contributed by atoms with E-state index in [4.69, 9.17) is 15.4 Å². The van der Waals surface area contributed by atoms with Crippen molar-refractivity contribution in [1.82, 2.24) is 0 Å². The number of hydrogen-bond acceptors (Lipinski definition) is 6. The fraction of sp³-hybridized carbons (Fsp3) is 0.333. The molecule has 1 aromatic carbocycles. The molecule has 12 heteroatoms. The molecular formula is C12H9ClF3NO6S. The average Bonchev–Trinajstić information content (AvgIpc) is 2.84. The van der Waals surface area contributed by atoms with Gasteiger partial charge in [-0.15, -0.1) is 0 Å². The van der Waals surface area contributed by atoms with Gasteiger partial charge in [-0.05, 0) is 24.3 Å². The maximum absolute atomic E-state index is 12.0. The van der Waals surface area contributed by atoms with Gasteiger partial charge in [-0.1, -0.05) is 0 Å². The van der Waals surface area contributed by atoms with E-state index in [0.717, 1.165) is 17.0 Å². The second kappa shape index (κ2) is 6.48. The summed E-state index contributed by atoms with van der Waals surface area (Å²) in [5.41, 5.74) is 0.244. The lowest BCUT2D eigenvalue weighted by Crippen LogP contribution is -2.31. The van der Waals surface area contributed by atoms with Crippen LogP contribution in [-0.2, 0) is 23.3 Å². The molecule has 1 saturated heterocycles. The number of benzene rings is 1. The number of halogens is 4. The second-order valence-electron chi connectivity index (χ2n) is 4.64. The van der Waals surface area contributed by atoms with Crippen LogP contribution in [0.5, 0.6) is 0 Å². The van der Waals surface area contributed by atoms with Crippen molar-refractivity contribution in [2.24, 2.45) is 0 Å². The third kappa shape index (κ3) is 4.29. The minimum absolute atomic E-state index is 0.170. The van der Waals surface area contributed by atoms with Crippen molar-refractivity contribution in [2.75, 3.05) is 18.1 Å². The van der Waals surface area contributed by atoms with Crippen molar-refractivity contribution < 1.29 is 40.7 Å². The van der Waals surface area contributed by atoms with Gasteiger partial charge in [0.25, 0.3) is 9.05 Å². The van der Waals surface area contributed by atoms with Crippen LogP contribution in [0.25, 0.3) is 0 Å². The largest absolute Gasteiger partial charge is 0.490 e. The van der Waals surface area contributed by atoms with Gasteiger partial charge in [-0.25, -0.2) is 18.0 Å². The predicted molar refractivity (Wildman–Crippen MR) is 74.1 cm³/mol. The lowest BCUT2D eigenvalue weighted by molar-refractivity contribution is -0.201. The number of alkyl halides is 3. The Labute approximate surface area is 138 Å². The number of ether oxygens (including phenoxy) is 2. The van der Waals surface area contributed by atoms with Gasteiger partial charge in [0.1, 0.15) is 6.61 Å². The van der Waals surface area contributed by atoms with Gasteiger partial charge in [-0.3, -0.25) is 4.90 Å². The molecule has 0 unspecified atom stereocenters. The summed E-state index contributed by atoms with van der Waals surface area (Å²) in [5.74, 6) is -2.38. The molecule has 7 nitrogen and oxygen atoms in total. The molecule has 0 saturated carbocycles. The average molecular weight is 388 g/mol. The first-order valence-corrected chi connectivity index (χ1v) is 8.56. The summed E-state index contributed by atoms with van der Waals surface area (Å²) in [4.78, 5) is 23.2. The van der Waals surface area contributed by atoms with Gasteiger partial charge in [0.05, 0.1) is 11.4 Å². The molecule has 1 heterocycles. The molecule has 1 aromatic rings. The second-order valence-corrected chi connectivity index (χ2v) is 7.21. The predicted octanol–water partition coefficient (Wildman–Crippen LogP) is 2.04. The van der Waals surface area contributed by atoms with Crippen LogP contribution in [0.4, 0.5) is 23.7 Å². The number of nitrogens with zero attached hydrogens (tertiary/aromatic N) is 1. The number of hydrogen-bond donors (Lipinski definition) is 0. The van der Waals surface area contributed by atoms with Crippen LogP contribution in [-0.4, -0.2) is 45.9 Å². The van der Waals surface area contributed by atoms with Crippen LogP contribution in [0.1, 0.15) is 0 Å². The Balaban J connectivity index is 2.01. The van der Waals surface area contributed by atoms with Crippen molar-refractivity contribution >= 4 is 37.5 Å². The minimum Gasteiger partial charge on any atom is -0.455 e. The van der Waals surface area contributed by atoms with Gasteiger partial charge >= 0.3 is 18.2 Å². The Kier molecular flexibility index (Phi) is 4.95. The van der Waals surface area contributed by atoms with Crippen LogP contribution < -0.4 is 4.90 Å². The Morgan fingerprint density at radius 3 is 2.42 bits per heavy atom. The standard InChI is InChI=1S/C12H9ClF3NO6S/c13-24(20,21)9-3-1-7(2-4-9)17-5-8(23-11(17)19)6-22-10(18)12(14,15)16/h1-4,8H,5-6H2/t8-/m1/s1. The molecule has 24 heavy (non-hydrogen) atoms. The zero-order chi connectivity index (χ0) is 18.1. The highest BCUT2D eigenvalue weighted by Crippen LogP contribution is 2.25. The normalized spacial score (nSPS) is 18.4. The van der Waals surface area contributed by atoms with Gasteiger partial charge in [0.15, 0.2) is 6.10 Å². The van der Waals surface area contributed by atoms with E-state index in [2.05, 4.69) is 4.74 Å². The summed E-state index contributed by atoms with van der Waals surface area (Å²) in [6.07, 6.45) is -7.09. The van der Waals surface area contributed by atoms with Crippen LogP contribution in [0.3, 0.4) is 0 Å². The number of amides is 1. The molecule has 0 spiro atoms.